The fourth-order valence-electron chi connectivity index (χ4n) is 2.85. The highest BCUT2D eigenvalue weighted by Gasteiger charge is 2.15. The Labute approximate surface area is 173 Å². The minimum Gasteiger partial charge on any atom is -0.497 e. The predicted molar refractivity (Wildman–Crippen MR) is 111 cm³/mol. The van der Waals surface area contributed by atoms with Crippen molar-refractivity contribution in [2.24, 2.45) is 0 Å². The van der Waals surface area contributed by atoms with Crippen molar-refractivity contribution in [3.05, 3.63) is 64.7 Å². The summed E-state index contributed by atoms with van der Waals surface area (Å²) in [6.07, 6.45) is 1.52. The largest absolute Gasteiger partial charge is 0.497 e. The summed E-state index contributed by atoms with van der Waals surface area (Å²) in [7, 11) is 1.57. The number of halogens is 1. The van der Waals surface area contributed by atoms with Gasteiger partial charge in [0.05, 0.1) is 18.7 Å². The number of ether oxygens (including phenoxy) is 1. The second kappa shape index (κ2) is 9.56. The van der Waals surface area contributed by atoms with Gasteiger partial charge in [-0.3, -0.25) is 4.79 Å². The number of oxazole rings is 1. The number of nitrogens with zero attached hydrogens (tertiary/aromatic N) is 1. The Morgan fingerprint density at radius 1 is 1.28 bits per heavy atom. The van der Waals surface area contributed by atoms with Crippen LogP contribution in [0.5, 0.6) is 5.75 Å². The van der Waals surface area contributed by atoms with Gasteiger partial charge < -0.3 is 24.9 Å². The molecule has 2 aromatic carbocycles. The van der Waals surface area contributed by atoms with Gasteiger partial charge >= 0.3 is 0 Å². The Kier molecular flexibility index (Phi) is 6.87. The third-order valence-corrected chi connectivity index (χ3v) is 4.61. The number of amides is 1. The van der Waals surface area contributed by atoms with Crippen LogP contribution in [0.15, 0.2) is 47.1 Å². The van der Waals surface area contributed by atoms with Crippen LogP contribution in [0, 0.1) is 6.92 Å². The van der Waals surface area contributed by atoms with Crippen molar-refractivity contribution in [1.29, 1.82) is 0 Å². The second-order valence-electron chi connectivity index (χ2n) is 6.32. The predicted octanol–water partition coefficient (Wildman–Crippen LogP) is 3.65. The highest BCUT2D eigenvalue weighted by Crippen LogP contribution is 2.30. The molecule has 29 heavy (non-hydrogen) atoms. The number of hydrogen-bond acceptors (Lipinski definition) is 6. The second-order valence-corrected chi connectivity index (χ2v) is 6.73. The number of anilines is 1. The molecule has 0 bridgehead atoms. The van der Waals surface area contributed by atoms with E-state index in [1.807, 2.05) is 0 Å². The summed E-state index contributed by atoms with van der Waals surface area (Å²) in [5.41, 5.74) is 3.12. The van der Waals surface area contributed by atoms with E-state index in [-0.39, 0.29) is 12.5 Å². The Morgan fingerprint density at radius 2 is 2.10 bits per heavy atom. The van der Waals surface area contributed by atoms with Crippen LogP contribution >= 0.6 is 11.6 Å². The van der Waals surface area contributed by atoms with Crippen molar-refractivity contribution < 1.29 is 19.1 Å². The van der Waals surface area contributed by atoms with E-state index in [0.717, 1.165) is 5.56 Å². The van der Waals surface area contributed by atoms with E-state index in [9.17, 15) is 4.79 Å². The summed E-state index contributed by atoms with van der Waals surface area (Å²) in [4.78, 5) is 17.2. The lowest BCUT2D eigenvalue weighted by atomic mass is 10.1. The van der Waals surface area contributed by atoms with Crippen LogP contribution in [-0.2, 0) is 6.54 Å². The first kappa shape index (κ1) is 20.9. The molecule has 0 radical (unpaired) electrons. The monoisotopic (exact) mass is 415 g/mol. The standard InChI is InChI=1S/C21H22ClN3O4/c1-13-24-20(12-29-13)18-10-15(3-6-19(18)22)25-21(27)17-5-4-16(28-2)9-14(17)11-23-7-8-26/h3-6,9-10,12,23,26H,7-8,11H2,1-2H3,(H,25,27). The van der Waals surface area contributed by atoms with Gasteiger partial charge in [-0.05, 0) is 42.0 Å². The average molecular weight is 416 g/mol. The number of carbonyl (C=O) groups excluding carboxylic acids is 1. The number of aryl methyl sites for hydroxylation is 1. The minimum atomic E-state index is -0.266. The molecule has 0 aliphatic rings. The summed E-state index contributed by atoms with van der Waals surface area (Å²) in [6, 6.07) is 10.4. The number of hydrogen-bond donors (Lipinski definition) is 3. The molecule has 3 aromatic rings. The van der Waals surface area contributed by atoms with Crippen molar-refractivity contribution in [3.63, 3.8) is 0 Å². The molecule has 0 spiro atoms. The third-order valence-electron chi connectivity index (χ3n) is 4.28. The van der Waals surface area contributed by atoms with Crippen LogP contribution in [-0.4, -0.2) is 36.3 Å². The molecule has 0 saturated heterocycles. The Bertz CT molecular complexity index is 1000. The first-order valence-electron chi connectivity index (χ1n) is 9.03. The van der Waals surface area contributed by atoms with E-state index in [4.69, 9.17) is 25.9 Å². The van der Waals surface area contributed by atoms with Gasteiger partial charge in [0.15, 0.2) is 5.89 Å². The van der Waals surface area contributed by atoms with Gasteiger partial charge in [0.25, 0.3) is 5.91 Å². The maximum atomic E-state index is 12.9. The number of methoxy groups -OCH3 is 1. The number of benzene rings is 2. The first-order chi connectivity index (χ1) is 14.0. The lowest BCUT2D eigenvalue weighted by molar-refractivity contribution is 0.102. The number of carbonyl (C=O) groups is 1. The van der Waals surface area contributed by atoms with Crippen molar-refractivity contribution >= 4 is 23.2 Å². The van der Waals surface area contributed by atoms with Crippen molar-refractivity contribution in [1.82, 2.24) is 10.3 Å². The van der Waals surface area contributed by atoms with Gasteiger partial charge in [-0.2, -0.15) is 0 Å². The molecule has 0 aliphatic carbocycles. The van der Waals surface area contributed by atoms with Gasteiger partial charge in [0, 0.05) is 36.8 Å². The normalized spacial score (nSPS) is 10.8. The third kappa shape index (κ3) is 5.14. The van der Waals surface area contributed by atoms with E-state index in [1.165, 1.54) is 6.26 Å². The average Bonchev–Trinajstić information content (AvgIpc) is 3.15. The fourth-order valence-corrected chi connectivity index (χ4v) is 3.07. The van der Waals surface area contributed by atoms with Crippen molar-refractivity contribution in [2.45, 2.75) is 13.5 Å². The number of rotatable bonds is 8. The Balaban J connectivity index is 1.84. The molecule has 3 rings (SSSR count). The molecule has 3 N–H and O–H groups in total. The molecule has 0 atom stereocenters. The molecule has 1 heterocycles. The summed E-state index contributed by atoms with van der Waals surface area (Å²) in [5, 5.41) is 15.5. The molecule has 152 valence electrons. The van der Waals surface area contributed by atoms with Crippen LogP contribution in [0.25, 0.3) is 11.3 Å². The highest BCUT2D eigenvalue weighted by atomic mass is 35.5. The molecule has 8 heteroatoms. The molecule has 0 unspecified atom stereocenters. The Hall–Kier alpha value is -2.87. The van der Waals surface area contributed by atoms with Gasteiger partial charge in [0.2, 0.25) is 0 Å². The van der Waals surface area contributed by atoms with Crippen LogP contribution in [0.3, 0.4) is 0 Å². The lowest BCUT2D eigenvalue weighted by Crippen LogP contribution is -2.21. The summed E-state index contributed by atoms with van der Waals surface area (Å²) in [6.45, 7) is 2.61. The molecule has 7 nitrogen and oxygen atoms in total. The van der Waals surface area contributed by atoms with E-state index in [2.05, 4.69) is 15.6 Å². The number of aliphatic hydroxyl groups is 1. The van der Waals surface area contributed by atoms with E-state index in [1.54, 1.807) is 50.4 Å². The lowest BCUT2D eigenvalue weighted by Gasteiger charge is -2.13. The highest BCUT2D eigenvalue weighted by molar-refractivity contribution is 6.33. The number of aromatic nitrogens is 1. The first-order valence-corrected chi connectivity index (χ1v) is 9.41. The zero-order valence-corrected chi connectivity index (χ0v) is 16.9. The summed E-state index contributed by atoms with van der Waals surface area (Å²) < 4.78 is 10.5. The van der Waals surface area contributed by atoms with Crippen LogP contribution in [0.4, 0.5) is 5.69 Å². The molecular formula is C21H22ClN3O4. The van der Waals surface area contributed by atoms with Gasteiger partial charge in [-0.25, -0.2) is 4.98 Å². The molecular weight excluding hydrogens is 394 g/mol. The van der Waals surface area contributed by atoms with E-state index >= 15 is 0 Å². The van der Waals surface area contributed by atoms with Crippen LogP contribution in [0.1, 0.15) is 21.8 Å². The maximum Gasteiger partial charge on any atom is 0.255 e. The molecule has 1 aromatic heterocycles. The van der Waals surface area contributed by atoms with Crippen molar-refractivity contribution in [3.8, 4) is 17.0 Å². The SMILES string of the molecule is COc1ccc(C(=O)Nc2ccc(Cl)c(-c3coc(C)n3)c2)c(CNCCO)c1. The van der Waals surface area contributed by atoms with E-state index < -0.39 is 0 Å². The molecule has 0 saturated carbocycles. The van der Waals surface area contributed by atoms with Gasteiger partial charge in [-0.15, -0.1) is 0 Å². The maximum absolute atomic E-state index is 12.9. The van der Waals surface area contributed by atoms with Gasteiger partial charge in [-0.1, -0.05) is 11.6 Å². The molecule has 1 amide bonds. The summed E-state index contributed by atoms with van der Waals surface area (Å²) in [5.74, 6) is 0.916. The quantitative estimate of drug-likeness (QED) is 0.486. The zero-order valence-electron chi connectivity index (χ0n) is 16.2. The smallest absolute Gasteiger partial charge is 0.255 e. The van der Waals surface area contributed by atoms with Crippen LogP contribution < -0.4 is 15.4 Å². The summed E-state index contributed by atoms with van der Waals surface area (Å²) >= 11 is 6.29. The minimum absolute atomic E-state index is 0.0145. The molecule has 0 aliphatic heterocycles. The van der Waals surface area contributed by atoms with Crippen molar-refractivity contribution in [2.75, 3.05) is 25.6 Å². The van der Waals surface area contributed by atoms with E-state index in [0.29, 0.717) is 52.3 Å². The van der Waals surface area contributed by atoms with Crippen LogP contribution in [0.2, 0.25) is 5.02 Å². The number of nitrogens with one attached hydrogen (secondary N) is 2. The topological polar surface area (TPSA) is 96.6 Å². The fraction of sp³-hybridized carbons (Fsp3) is 0.238. The number of aliphatic hydroxyl groups excluding tert-OH is 1. The molecule has 0 fully saturated rings. The zero-order chi connectivity index (χ0) is 20.8. The Morgan fingerprint density at radius 3 is 2.79 bits per heavy atom. The van der Waals surface area contributed by atoms with Gasteiger partial charge in [0.1, 0.15) is 17.7 Å².